The van der Waals surface area contributed by atoms with Gasteiger partial charge in [0.2, 0.25) is 0 Å². The fourth-order valence-electron chi connectivity index (χ4n) is 1.43. The lowest BCUT2D eigenvalue weighted by Crippen LogP contribution is -1.94. The van der Waals surface area contributed by atoms with Gasteiger partial charge in [-0.1, -0.05) is 30.4 Å². The summed E-state index contributed by atoms with van der Waals surface area (Å²) < 4.78 is 1.35. The van der Waals surface area contributed by atoms with Gasteiger partial charge in [-0.2, -0.15) is 0 Å². The summed E-state index contributed by atoms with van der Waals surface area (Å²) in [6.45, 7) is 0.721. The van der Waals surface area contributed by atoms with Crippen molar-refractivity contribution in [2.45, 2.75) is 6.42 Å². The van der Waals surface area contributed by atoms with Gasteiger partial charge in [-0.05, 0) is 35.4 Å². The molecule has 1 aromatic heterocycles. The average Bonchev–Trinajstić information content (AvgIpc) is 2.63. The quantitative estimate of drug-likeness (QED) is 0.814. The van der Waals surface area contributed by atoms with Gasteiger partial charge in [0.25, 0.3) is 0 Å². The second-order valence-electron chi connectivity index (χ2n) is 3.17. The number of thiophene rings is 1. The molecule has 0 spiro atoms. The fourth-order valence-corrected chi connectivity index (χ4v) is 2.36. The summed E-state index contributed by atoms with van der Waals surface area (Å²) in [6, 6.07) is 8.47. The van der Waals surface area contributed by atoms with Crippen molar-refractivity contribution in [3.63, 3.8) is 0 Å². The van der Waals surface area contributed by atoms with E-state index in [0.29, 0.717) is 0 Å². The Morgan fingerprint density at radius 2 is 2.14 bits per heavy atom. The highest BCUT2D eigenvalue weighted by molar-refractivity contribution is 7.17. The van der Waals surface area contributed by atoms with Crippen LogP contribution in [0.25, 0.3) is 16.2 Å². The Morgan fingerprint density at radius 3 is 3.00 bits per heavy atom. The Morgan fingerprint density at radius 1 is 1.29 bits per heavy atom. The Balaban J connectivity index is 2.34. The minimum atomic E-state index is 0.721. The minimum absolute atomic E-state index is 0.721. The van der Waals surface area contributed by atoms with Gasteiger partial charge >= 0.3 is 0 Å². The lowest BCUT2D eigenvalue weighted by Gasteiger charge is -1.90. The molecule has 1 aromatic carbocycles. The SMILES string of the molecule is NCC/C=C/c1csc2ccccc12. The standard InChI is InChI=1S/C12H13NS/c13-8-4-3-5-10-9-14-12-7-2-1-6-11(10)12/h1-3,5-7,9H,4,8,13H2/b5-3+. The van der Waals surface area contributed by atoms with Crippen molar-refractivity contribution < 1.29 is 0 Å². The third-order valence-corrected chi connectivity index (χ3v) is 3.12. The Labute approximate surface area is 87.9 Å². The average molecular weight is 203 g/mol. The molecule has 2 rings (SSSR count). The van der Waals surface area contributed by atoms with Crippen molar-refractivity contribution >= 4 is 27.5 Å². The molecule has 2 aromatic rings. The molecule has 2 N–H and O–H groups in total. The Bertz CT molecular complexity index is 442. The summed E-state index contributed by atoms with van der Waals surface area (Å²) in [4.78, 5) is 0. The molecule has 0 radical (unpaired) electrons. The molecule has 0 aliphatic heterocycles. The van der Waals surface area contributed by atoms with E-state index >= 15 is 0 Å². The third-order valence-electron chi connectivity index (χ3n) is 2.14. The van der Waals surface area contributed by atoms with Crippen LogP contribution in [0.4, 0.5) is 0 Å². The maximum Gasteiger partial charge on any atom is 0.0348 e. The fraction of sp³-hybridized carbons (Fsp3) is 0.167. The minimum Gasteiger partial charge on any atom is -0.330 e. The van der Waals surface area contributed by atoms with Crippen molar-refractivity contribution in [3.8, 4) is 0 Å². The van der Waals surface area contributed by atoms with E-state index in [1.807, 2.05) is 0 Å². The van der Waals surface area contributed by atoms with E-state index in [1.165, 1.54) is 15.6 Å². The molecule has 0 atom stereocenters. The Hall–Kier alpha value is -1.12. The van der Waals surface area contributed by atoms with E-state index < -0.39 is 0 Å². The summed E-state index contributed by atoms with van der Waals surface area (Å²) in [5.41, 5.74) is 6.74. The zero-order chi connectivity index (χ0) is 9.80. The lowest BCUT2D eigenvalue weighted by atomic mass is 10.1. The molecule has 0 amide bonds. The molecule has 0 saturated heterocycles. The first-order chi connectivity index (χ1) is 6.92. The van der Waals surface area contributed by atoms with Crippen molar-refractivity contribution in [1.82, 2.24) is 0 Å². The zero-order valence-corrected chi connectivity index (χ0v) is 8.76. The van der Waals surface area contributed by atoms with Crippen LogP contribution in [0.15, 0.2) is 35.7 Å². The second-order valence-corrected chi connectivity index (χ2v) is 4.08. The number of hydrogen-bond acceptors (Lipinski definition) is 2. The summed E-state index contributed by atoms with van der Waals surface area (Å²) in [5.74, 6) is 0. The lowest BCUT2D eigenvalue weighted by molar-refractivity contribution is 1.01. The predicted molar refractivity (Wildman–Crippen MR) is 64.5 cm³/mol. The maximum atomic E-state index is 5.43. The van der Waals surface area contributed by atoms with Crippen molar-refractivity contribution in [1.29, 1.82) is 0 Å². The maximum absolute atomic E-state index is 5.43. The molecular formula is C12H13NS. The molecule has 2 heteroatoms. The van der Waals surface area contributed by atoms with Crippen LogP contribution in [0.5, 0.6) is 0 Å². The third kappa shape index (κ3) is 1.86. The van der Waals surface area contributed by atoms with Crippen LogP contribution < -0.4 is 5.73 Å². The molecule has 0 aliphatic carbocycles. The smallest absolute Gasteiger partial charge is 0.0348 e. The van der Waals surface area contributed by atoms with Gasteiger partial charge in [0.05, 0.1) is 0 Å². The van der Waals surface area contributed by atoms with E-state index in [9.17, 15) is 0 Å². The van der Waals surface area contributed by atoms with E-state index in [0.717, 1.165) is 13.0 Å². The van der Waals surface area contributed by atoms with Crippen LogP contribution >= 0.6 is 11.3 Å². The van der Waals surface area contributed by atoms with Gasteiger partial charge in [0.1, 0.15) is 0 Å². The molecule has 72 valence electrons. The monoisotopic (exact) mass is 203 g/mol. The van der Waals surface area contributed by atoms with Crippen molar-refractivity contribution in [2.24, 2.45) is 5.73 Å². The van der Waals surface area contributed by atoms with E-state index in [2.05, 4.69) is 41.8 Å². The van der Waals surface area contributed by atoms with Crippen LogP contribution in [0.2, 0.25) is 0 Å². The topological polar surface area (TPSA) is 26.0 Å². The highest BCUT2D eigenvalue weighted by atomic mass is 32.1. The first-order valence-electron chi connectivity index (χ1n) is 4.74. The summed E-state index contributed by atoms with van der Waals surface area (Å²) in [6.07, 6.45) is 5.24. The summed E-state index contributed by atoms with van der Waals surface area (Å²) in [7, 11) is 0. The van der Waals surface area contributed by atoms with E-state index in [1.54, 1.807) is 11.3 Å². The number of nitrogens with two attached hydrogens (primary N) is 1. The molecule has 0 saturated carbocycles. The van der Waals surface area contributed by atoms with Gasteiger partial charge in [-0.15, -0.1) is 11.3 Å². The zero-order valence-electron chi connectivity index (χ0n) is 7.94. The van der Waals surface area contributed by atoms with Crippen LogP contribution in [0.3, 0.4) is 0 Å². The summed E-state index contributed by atoms with van der Waals surface area (Å²) >= 11 is 1.79. The molecule has 0 bridgehead atoms. The number of benzene rings is 1. The van der Waals surface area contributed by atoms with Gasteiger partial charge in [0.15, 0.2) is 0 Å². The van der Waals surface area contributed by atoms with Crippen LogP contribution in [-0.4, -0.2) is 6.54 Å². The van der Waals surface area contributed by atoms with Gasteiger partial charge in [0, 0.05) is 4.70 Å². The van der Waals surface area contributed by atoms with Crippen LogP contribution in [0.1, 0.15) is 12.0 Å². The molecule has 0 unspecified atom stereocenters. The van der Waals surface area contributed by atoms with Gasteiger partial charge in [-0.3, -0.25) is 0 Å². The molecule has 0 aliphatic rings. The van der Waals surface area contributed by atoms with Gasteiger partial charge in [-0.25, -0.2) is 0 Å². The van der Waals surface area contributed by atoms with Crippen molar-refractivity contribution in [3.05, 3.63) is 41.3 Å². The second kappa shape index (κ2) is 4.40. The largest absolute Gasteiger partial charge is 0.330 e. The normalized spacial score (nSPS) is 11.5. The number of fused-ring (bicyclic) bond motifs is 1. The summed E-state index contributed by atoms with van der Waals surface area (Å²) in [5, 5.41) is 3.53. The molecule has 0 fully saturated rings. The first kappa shape index (κ1) is 9.44. The van der Waals surface area contributed by atoms with Crippen LogP contribution in [0, 0.1) is 0 Å². The van der Waals surface area contributed by atoms with Crippen molar-refractivity contribution in [2.75, 3.05) is 6.54 Å². The van der Waals surface area contributed by atoms with E-state index in [4.69, 9.17) is 5.73 Å². The molecule has 1 nitrogen and oxygen atoms in total. The molecule has 1 heterocycles. The van der Waals surface area contributed by atoms with E-state index in [-0.39, 0.29) is 0 Å². The van der Waals surface area contributed by atoms with Crippen LogP contribution in [-0.2, 0) is 0 Å². The number of rotatable bonds is 3. The Kier molecular flexibility index (Phi) is 2.96. The van der Waals surface area contributed by atoms with Gasteiger partial charge < -0.3 is 5.73 Å². The molecular weight excluding hydrogens is 190 g/mol. The predicted octanol–water partition coefficient (Wildman–Crippen LogP) is 3.26. The highest BCUT2D eigenvalue weighted by Gasteiger charge is 1.98. The highest BCUT2D eigenvalue weighted by Crippen LogP contribution is 2.26. The number of hydrogen-bond donors (Lipinski definition) is 1. The first-order valence-corrected chi connectivity index (χ1v) is 5.62. The molecule has 14 heavy (non-hydrogen) atoms.